The van der Waals surface area contributed by atoms with Crippen molar-refractivity contribution in [1.82, 2.24) is 14.9 Å². The number of nitrogens with zero attached hydrogens (tertiary/aromatic N) is 3. The van der Waals surface area contributed by atoms with Crippen LogP contribution in [0.5, 0.6) is 0 Å². The molecule has 2 aromatic rings. The summed E-state index contributed by atoms with van der Waals surface area (Å²) >= 11 is 1.85. The number of H-pyrrole nitrogens is 1. The summed E-state index contributed by atoms with van der Waals surface area (Å²) in [6.45, 7) is 1.45. The average Bonchev–Trinajstić information content (AvgIpc) is 3.30. The first-order valence-corrected chi connectivity index (χ1v) is 12.5. The molecule has 3 heterocycles. The molecule has 0 saturated carbocycles. The number of nitriles is 1. The third kappa shape index (κ3) is 5.29. The van der Waals surface area contributed by atoms with Gasteiger partial charge in [-0.25, -0.2) is 9.78 Å². The number of anilines is 2. The lowest BCUT2D eigenvalue weighted by Gasteiger charge is -2.31. The highest BCUT2D eigenvalue weighted by Crippen LogP contribution is 2.34. The number of rotatable bonds is 2. The number of nitrogens with two attached hydrogens (primary N) is 1. The maximum Gasteiger partial charge on any atom is 0.411 e. The van der Waals surface area contributed by atoms with Gasteiger partial charge in [0.25, 0.3) is 0 Å². The fourth-order valence-corrected chi connectivity index (χ4v) is 5.16. The molecule has 0 aliphatic carbocycles. The van der Waals surface area contributed by atoms with Crippen molar-refractivity contribution in [3.8, 4) is 17.3 Å². The second-order valence-corrected chi connectivity index (χ2v) is 9.58. The van der Waals surface area contributed by atoms with Gasteiger partial charge in [0.2, 0.25) is 5.91 Å². The molecule has 10 nitrogen and oxygen atoms in total. The van der Waals surface area contributed by atoms with E-state index in [0.29, 0.717) is 47.0 Å². The smallest absolute Gasteiger partial charge is 0.411 e. The predicted molar refractivity (Wildman–Crippen MR) is 131 cm³/mol. The van der Waals surface area contributed by atoms with Crippen molar-refractivity contribution in [2.45, 2.75) is 37.8 Å². The molecule has 1 aromatic carbocycles. The average molecular weight is 484 g/mol. The summed E-state index contributed by atoms with van der Waals surface area (Å²) in [5, 5.41) is 15.8. The third-order valence-corrected chi connectivity index (χ3v) is 7.04. The molecule has 2 bridgehead atoms. The van der Waals surface area contributed by atoms with Crippen molar-refractivity contribution in [3.05, 3.63) is 29.7 Å². The number of benzene rings is 1. The van der Waals surface area contributed by atoms with E-state index in [1.807, 2.05) is 16.7 Å². The van der Waals surface area contributed by atoms with Crippen molar-refractivity contribution < 1.29 is 14.3 Å². The number of aromatic amines is 1. The van der Waals surface area contributed by atoms with Crippen molar-refractivity contribution in [2.75, 3.05) is 42.3 Å². The molecule has 0 radical (unpaired) electrons. The van der Waals surface area contributed by atoms with Gasteiger partial charge in [-0.2, -0.15) is 17.0 Å². The Balaban J connectivity index is 1.77. The van der Waals surface area contributed by atoms with Crippen LogP contribution in [0.2, 0.25) is 0 Å². The van der Waals surface area contributed by atoms with Crippen LogP contribution in [0.4, 0.5) is 16.2 Å². The van der Waals surface area contributed by atoms with Crippen molar-refractivity contribution in [3.63, 3.8) is 0 Å². The third-order valence-electron chi connectivity index (χ3n) is 6.10. The van der Waals surface area contributed by atoms with Crippen LogP contribution < -0.4 is 16.4 Å². The van der Waals surface area contributed by atoms with Gasteiger partial charge in [0.15, 0.2) is 0 Å². The quantitative estimate of drug-likeness (QED) is 0.509. The molecule has 1 fully saturated rings. The first kappa shape index (κ1) is 23.9. The predicted octanol–water partition coefficient (Wildman–Crippen LogP) is 3.06. The molecule has 11 heteroatoms. The summed E-state index contributed by atoms with van der Waals surface area (Å²) in [5.41, 5.74) is 8.86. The van der Waals surface area contributed by atoms with Crippen molar-refractivity contribution >= 4 is 35.1 Å². The summed E-state index contributed by atoms with van der Waals surface area (Å²) in [7, 11) is 1.29. The van der Waals surface area contributed by atoms with Crippen LogP contribution in [0.25, 0.3) is 11.3 Å². The number of carbonyl (C=O) groups is 2. The molecular formula is C23H29N7O3S. The number of methoxy groups -OCH3 is 1. The zero-order chi connectivity index (χ0) is 24.1. The minimum absolute atomic E-state index is 0.0576. The monoisotopic (exact) mass is 483 g/mol. The molecular weight excluding hydrogens is 454 g/mol. The molecule has 34 heavy (non-hydrogen) atoms. The number of fused-ring (bicyclic) bond motifs is 4. The highest BCUT2D eigenvalue weighted by molar-refractivity contribution is 7.99. The second kappa shape index (κ2) is 10.8. The summed E-state index contributed by atoms with van der Waals surface area (Å²) in [6, 6.07) is 6.60. The van der Waals surface area contributed by atoms with Gasteiger partial charge >= 0.3 is 6.09 Å². The van der Waals surface area contributed by atoms with Crippen LogP contribution in [0, 0.1) is 11.3 Å². The fourth-order valence-electron chi connectivity index (χ4n) is 4.26. The number of hydrogen-bond acceptors (Lipinski definition) is 8. The van der Waals surface area contributed by atoms with Gasteiger partial charge in [0, 0.05) is 41.5 Å². The zero-order valence-corrected chi connectivity index (χ0v) is 19.9. The molecule has 2 aliphatic heterocycles. The Kier molecular flexibility index (Phi) is 7.59. The minimum Gasteiger partial charge on any atom is -0.453 e. The number of nitrogens with one attached hydrogen (secondary N) is 3. The van der Waals surface area contributed by atoms with Gasteiger partial charge in [0.05, 0.1) is 13.2 Å². The topological polar surface area (TPSA) is 149 Å². The van der Waals surface area contributed by atoms with Gasteiger partial charge in [-0.3, -0.25) is 10.1 Å². The standard InChI is InChI=1S/C23H29N7O3S/c1-33-23(32)26-14-6-7-15-18(12-14)27-17(22(31)30-8-10-34-11-9-30)5-3-2-4-16(25)21-28-19(13-24)20(15)29-21/h6-7,12,16-17,27H,2-5,8-11,25H2,1H3,(H,26,32)(H,28,29)/t16-,17+/m0/s1. The molecule has 2 atom stereocenters. The highest BCUT2D eigenvalue weighted by atomic mass is 32.2. The summed E-state index contributed by atoms with van der Waals surface area (Å²) in [5.74, 6) is 2.48. The number of thioether (sulfide) groups is 1. The van der Waals surface area contributed by atoms with Gasteiger partial charge in [0.1, 0.15) is 29.3 Å². The fraction of sp³-hybridized carbons (Fsp3) is 0.478. The van der Waals surface area contributed by atoms with Crippen LogP contribution in [-0.2, 0) is 9.53 Å². The molecule has 0 unspecified atom stereocenters. The number of hydrogen-bond donors (Lipinski definition) is 4. The van der Waals surface area contributed by atoms with E-state index in [2.05, 4.69) is 26.7 Å². The summed E-state index contributed by atoms with van der Waals surface area (Å²) in [4.78, 5) is 34.9. The Hall–Kier alpha value is -3.23. The molecule has 180 valence electrons. The van der Waals surface area contributed by atoms with E-state index in [0.717, 1.165) is 37.4 Å². The molecule has 1 aromatic heterocycles. The molecule has 2 amide bonds. The molecule has 0 spiro atoms. The number of ether oxygens (including phenoxy) is 1. The normalized spacial score (nSPS) is 20.6. The maximum absolute atomic E-state index is 13.5. The van der Waals surface area contributed by atoms with Gasteiger partial charge in [-0.1, -0.05) is 12.8 Å². The summed E-state index contributed by atoms with van der Waals surface area (Å²) < 4.78 is 4.71. The van der Waals surface area contributed by atoms with Crippen LogP contribution in [0.1, 0.15) is 43.2 Å². The minimum atomic E-state index is -0.600. The SMILES string of the molecule is COC(=O)Nc1ccc2c(c1)N[C@@H](C(=O)N1CCSCC1)CCCC[C@H](N)c1nc-2c(C#N)[nH]1. The van der Waals surface area contributed by atoms with E-state index in [9.17, 15) is 14.9 Å². The number of imidazole rings is 1. The Morgan fingerprint density at radius 2 is 2.06 bits per heavy atom. The van der Waals surface area contributed by atoms with E-state index in [1.165, 1.54) is 7.11 Å². The zero-order valence-electron chi connectivity index (χ0n) is 19.1. The number of aromatic nitrogens is 2. The van der Waals surface area contributed by atoms with Gasteiger partial charge < -0.3 is 25.7 Å². The summed E-state index contributed by atoms with van der Waals surface area (Å²) in [6.07, 6.45) is 2.39. The van der Waals surface area contributed by atoms with Crippen molar-refractivity contribution in [1.29, 1.82) is 5.26 Å². The van der Waals surface area contributed by atoms with Crippen molar-refractivity contribution in [2.24, 2.45) is 5.73 Å². The Bertz CT molecular complexity index is 1090. The van der Waals surface area contributed by atoms with E-state index in [1.54, 1.807) is 18.2 Å². The Morgan fingerprint density at radius 1 is 1.29 bits per heavy atom. The van der Waals surface area contributed by atoms with E-state index in [4.69, 9.17) is 10.5 Å². The van der Waals surface area contributed by atoms with Gasteiger partial charge in [-0.05, 0) is 31.0 Å². The van der Waals surface area contributed by atoms with E-state index < -0.39 is 12.1 Å². The maximum atomic E-state index is 13.5. The van der Waals surface area contributed by atoms with E-state index >= 15 is 0 Å². The number of amides is 2. The second-order valence-electron chi connectivity index (χ2n) is 8.36. The number of carbonyl (C=O) groups excluding carboxylic acids is 2. The Labute approximate surface area is 202 Å². The molecule has 5 N–H and O–H groups in total. The highest BCUT2D eigenvalue weighted by Gasteiger charge is 2.28. The first-order valence-electron chi connectivity index (χ1n) is 11.4. The van der Waals surface area contributed by atoms with E-state index in [-0.39, 0.29) is 11.9 Å². The molecule has 4 rings (SSSR count). The van der Waals surface area contributed by atoms with Gasteiger partial charge in [-0.15, -0.1) is 0 Å². The molecule has 2 aliphatic rings. The molecule has 1 saturated heterocycles. The van der Waals surface area contributed by atoms with Crippen LogP contribution in [-0.4, -0.2) is 64.6 Å². The lowest BCUT2D eigenvalue weighted by Crippen LogP contribution is -2.46. The van der Waals surface area contributed by atoms with Crippen LogP contribution >= 0.6 is 11.8 Å². The lowest BCUT2D eigenvalue weighted by atomic mass is 10.0. The Morgan fingerprint density at radius 3 is 2.79 bits per heavy atom. The largest absolute Gasteiger partial charge is 0.453 e. The van der Waals surface area contributed by atoms with Crippen LogP contribution in [0.15, 0.2) is 18.2 Å². The lowest BCUT2D eigenvalue weighted by molar-refractivity contribution is -0.131. The first-order chi connectivity index (χ1) is 16.5. The van der Waals surface area contributed by atoms with Crippen LogP contribution in [0.3, 0.4) is 0 Å².